The van der Waals surface area contributed by atoms with Gasteiger partial charge < -0.3 is 15.2 Å². The van der Waals surface area contributed by atoms with Crippen LogP contribution in [-0.4, -0.2) is 40.6 Å². The third kappa shape index (κ3) is 3.58. The standard InChI is InChI=1S/C12H14FN5O3/c1-17(2)6-10(14)11-15-12(21-16-11)7-3-8(13)5-9(4-7)18(19)20/h3-5,10H,6,14H2,1-2H3. The molecular formula is C12H14FN5O3. The highest BCUT2D eigenvalue weighted by atomic mass is 19.1. The van der Waals surface area contributed by atoms with Crippen molar-refractivity contribution in [3.05, 3.63) is 40.0 Å². The predicted octanol–water partition coefficient (Wildman–Crippen LogP) is 1.35. The Balaban J connectivity index is 2.31. The molecule has 0 radical (unpaired) electrons. The van der Waals surface area contributed by atoms with Crippen LogP contribution in [0.4, 0.5) is 10.1 Å². The second-order valence-electron chi connectivity index (χ2n) is 4.78. The van der Waals surface area contributed by atoms with Gasteiger partial charge in [0, 0.05) is 18.2 Å². The van der Waals surface area contributed by atoms with Crippen LogP contribution in [0.3, 0.4) is 0 Å². The van der Waals surface area contributed by atoms with Crippen LogP contribution >= 0.6 is 0 Å². The quantitative estimate of drug-likeness (QED) is 0.654. The largest absolute Gasteiger partial charge is 0.334 e. The van der Waals surface area contributed by atoms with Gasteiger partial charge in [-0.2, -0.15) is 4.98 Å². The lowest BCUT2D eigenvalue weighted by Crippen LogP contribution is -2.26. The van der Waals surface area contributed by atoms with E-state index in [-0.39, 0.29) is 23.0 Å². The molecule has 112 valence electrons. The highest BCUT2D eigenvalue weighted by Gasteiger charge is 2.18. The molecule has 1 atom stereocenters. The molecule has 8 nitrogen and oxygen atoms in total. The van der Waals surface area contributed by atoms with Gasteiger partial charge in [0.1, 0.15) is 5.82 Å². The second-order valence-corrected chi connectivity index (χ2v) is 4.78. The first-order chi connectivity index (χ1) is 9.86. The third-order valence-electron chi connectivity index (χ3n) is 2.68. The molecule has 1 unspecified atom stereocenters. The first-order valence-electron chi connectivity index (χ1n) is 6.06. The van der Waals surface area contributed by atoms with Crippen molar-refractivity contribution >= 4 is 5.69 Å². The zero-order valence-electron chi connectivity index (χ0n) is 11.5. The molecule has 0 amide bonds. The van der Waals surface area contributed by atoms with Crippen LogP contribution in [0.15, 0.2) is 22.7 Å². The van der Waals surface area contributed by atoms with Crippen molar-refractivity contribution in [3.8, 4) is 11.5 Å². The summed E-state index contributed by atoms with van der Waals surface area (Å²) >= 11 is 0. The number of halogens is 1. The van der Waals surface area contributed by atoms with Gasteiger partial charge in [0.05, 0.1) is 17.0 Å². The van der Waals surface area contributed by atoms with E-state index < -0.39 is 16.8 Å². The van der Waals surface area contributed by atoms with Crippen LogP contribution in [0, 0.1) is 15.9 Å². The van der Waals surface area contributed by atoms with E-state index in [0.717, 1.165) is 18.2 Å². The highest BCUT2D eigenvalue weighted by Crippen LogP contribution is 2.25. The van der Waals surface area contributed by atoms with E-state index in [1.807, 2.05) is 19.0 Å². The van der Waals surface area contributed by atoms with Crippen molar-refractivity contribution in [2.75, 3.05) is 20.6 Å². The van der Waals surface area contributed by atoms with E-state index in [9.17, 15) is 14.5 Å². The summed E-state index contributed by atoms with van der Waals surface area (Å²) < 4.78 is 18.4. The van der Waals surface area contributed by atoms with E-state index >= 15 is 0 Å². The van der Waals surface area contributed by atoms with Crippen molar-refractivity contribution in [2.24, 2.45) is 5.73 Å². The summed E-state index contributed by atoms with van der Waals surface area (Å²) in [5.41, 5.74) is 5.64. The first-order valence-corrected chi connectivity index (χ1v) is 6.06. The van der Waals surface area contributed by atoms with Gasteiger partial charge >= 0.3 is 0 Å². The van der Waals surface area contributed by atoms with E-state index in [1.165, 1.54) is 0 Å². The SMILES string of the molecule is CN(C)CC(N)c1noc(-c2cc(F)cc([N+](=O)[O-])c2)n1. The minimum atomic E-state index is -0.753. The Morgan fingerprint density at radius 1 is 1.48 bits per heavy atom. The smallest absolute Gasteiger partial charge is 0.273 e. The number of non-ortho nitro benzene ring substituents is 1. The van der Waals surface area contributed by atoms with Crippen molar-refractivity contribution in [1.29, 1.82) is 0 Å². The molecule has 0 saturated carbocycles. The van der Waals surface area contributed by atoms with Gasteiger partial charge in [-0.25, -0.2) is 4.39 Å². The van der Waals surface area contributed by atoms with Gasteiger partial charge in [0.15, 0.2) is 5.82 Å². The number of nitrogens with zero attached hydrogens (tertiary/aromatic N) is 4. The van der Waals surface area contributed by atoms with Crippen molar-refractivity contribution in [3.63, 3.8) is 0 Å². The van der Waals surface area contributed by atoms with Gasteiger partial charge in [0.25, 0.3) is 11.6 Å². The van der Waals surface area contributed by atoms with Gasteiger partial charge in [-0.15, -0.1) is 0 Å². The molecule has 2 N–H and O–H groups in total. The average Bonchev–Trinajstić information content (AvgIpc) is 2.86. The minimum absolute atomic E-state index is 0.0122. The highest BCUT2D eigenvalue weighted by molar-refractivity contribution is 5.57. The third-order valence-corrected chi connectivity index (χ3v) is 2.68. The Hall–Kier alpha value is -2.39. The fourth-order valence-corrected chi connectivity index (χ4v) is 1.78. The molecule has 1 heterocycles. The fourth-order valence-electron chi connectivity index (χ4n) is 1.78. The summed E-state index contributed by atoms with van der Waals surface area (Å²) in [6, 6.07) is 2.60. The molecule has 2 aromatic rings. The number of hydrogen-bond acceptors (Lipinski definition) is 7. The van der Waals surface area contributed by atoms with Gasteiger partial charge in [-0.1, -0.05) is 5.16 Å². The minimum Gasteiger partial charge on any atom is -0.334 e. The second kappa shape index (κ2) is 5.94. The Morgan fingerprint density at radius 2 is 2.19 bits per heavy atom. The van der Waals surface area contributed by atoms with Crippen LogP contribution in [0.1, 0.15) is 11.9 Å². The maximum Gasteiger partial charge on any atom is 0.273 e. The summed E-state index contributed by atoms with van der Waals surface area (Å²) in [5, 5.41) is 14.4. The molecule has 0 bridgehead atoms. The molecule has 1 aromatic carbocycles. The lowest BCUT2D eigenvalue weighted by molar-refractivity contribution is -0.385. The molecule has 0 fully saturated rings. The molecule has 9 heteroatoms. The number of rotatable bonds is 5. The van der Waals surface area contributed by atoms with Crippen molar-refractivity contribution < 1.29 is 13.8 Å². The molecule has 0 aliphatic carbocycles. The van der Waals surface area contributed by atoms with E-state index in [0.29, 0.717) is 6.54 Å². The topological polar surface area (TPSA) is 111 Å². The Labute approximate surface area is 119 Å². The molecule has 1 aromatic heterocycles. The van der Waals surface area contributed by atoms with Gasteiger partial charge in [-0.3, -0.25) is 10.1 Å². The van der Waals surface area contributed by atoms with Crippen molar-refractivity contribution in [2.45, 2.75) is 6.04 Å². The number of nitro benzene ring substituents is 1. The maximum atomic E-state index is 13.4. The predicted molar refractivity (Wildman–Crippen MR) is 71.8 cm³/mol. The lowest BCUT2D eigenvalue weighted by Gasteiger charge is -2.12. The zero-order chi connectivity index (χ0) is 15.6. The zero-order valence-corrected chi connectivity index (χ0v) is 11.5. The van der Waals surface area contributed by atoms with Crippen LogP contribution < -0.4 is 5.73 Å². The molecule has 0 spiro atoms. The molecule has 0 aliphatic heterocycles. The van der Waals surface area contributed by atoms with Crippen molar-refractivity contribution in [1.82, 2.24) is 15.0 Å². The molecular weight excluding hydrogens is 281 g/mol. The normalized spacial score (nSPS) is 12.6. The Morgan fingerprint density at radius 3 is 2.81 bits per heavy atom. The van der Waals surface area contributed by atoms with E-state index in [1.54, 1.807) is 0 Å². The summed E-state index contributed by atoms with van der Waals surface area (Å²) in [6.07, 6.45) is 0. The number of nitrogens with two attached hydrogens (primary N) is 1. The molecule has 2 rings (SSSR count). The molecule has 0 saturated heterocycles. The Kier molecular flexibility index (Phi) is 4.24. The lowest BCUT2D eigenvalue weighted by atomic mass is 10.2. The van der Waals surface area contributed by atoms with Gasteiger partial charge in [-0.05, 0) is 20.2 Å². The van der Waals surface area contributed by atoms with Crippen LogP contribution in [-0.2, 0) is 0 Å². The van der Waals surface area contributed by atoms with E-state index in [4.69, 9.17) is 10.3 Å². The van der Waals surface area contributed by atoms with Crippen LogP contribution in [0.25, 0.3) is 11.5 Å². The molecule has 21 heavy (non-hydrogen) atoms. The summed E-state index contributed by atoms with van der Waals surface area (Å²) in [6.45, 7) is 0.502. The number of nitro groups is 1. The first kappa shape index (κ1) is 15.0. The number of benzene rings is 1. The Bertz CT molecular complexity index is 658. The summed E-state index contributed by atoms with van der Waals surface area (Å²) in [7, 11) is 3.69. The van der Waals surface area contributed by atoms with Gasteiger partial charge in [0.2, 0.25) is 0 Å². The number of likely N-dealkylation sites (N-methyl/N-ethyl adjacent to an activating group) is 1. The average molecular weight is 295 g/mol. The maximum absolute atomic E-state index is 13.4. The van der Waals surface area contributed by atoms with Crippen LogP contribution in [0.2, 0.25) is 0 Å². The van der Waals surface area contributed by atoms with E-state index in [2.05, 4.69) is 10.1 Å². The number of aromatic nitrogens is 2. The fraction of sp³-hybridized carbons (Fsp3) is 0.333. The summed E-state index contributed by atoms with van der Waals surface area (Å²) in [5.74, 6) is -0.510. The summed E-state index contributed by atoms with van der Waals surface area (Å²) in [4.78, 5) is 15.9. The monoisotopic (exact) mass is 295 g/mol. The number of hydrogen-bond donors (Lipinski definition) is 1. The molecule has 0 aliphatic rings. The van der Waals surface area contributed by atoms with Crippen LogP contribution in [0.5, 0.6) is 0 Å².